The predicted molar refractivity (Wildman–Crippen MR) is 192 cm³/mol. The molecule has 3 aliphatic heterocycles. The first kappa shape index (κ1) is 41.3. The summed E-state index contributed by atoms with van der Waals surface area (Å²) in [6.45, 7) is -1.33. The molecule has 2 fully saturated rings. The van der Waals surface area contributed by atoms with Crippen LogP contribution in [-0.4, -0.2) is 151 Å². The molecule has 3 aromatic carbocycles. The van der Waals surface area contributed by atoms with Gasteiger partial charge in [0, 0.05) is 18.2 Å². The smallest absolute Gasteiger partial charge is 0.330 e. The fourth-order valence-electron chi connectivity index (χ4n) is 6.32. The lowest BCUT2D eigenvalue weighted by Gasteiger charge is -2.41. The molecule has 2 saturated heterocycles. The number of aliphatic hydroxyl groups excluding tert-OH is 7. The Balaban J connectivity index is 1.32. The molecule has 0 radical (unpaired) electrons. The number of hydrogen-bond acceptors (Lipinski definition) is 18. The SMILES string of the molecule is COc1cc(C2[OH+]c3cc(O)cc(O[C@@H]4O[C@H](CO)[C@@H](O)[C@H](O)[C@H]4O)c3C=C2O[C@@H]2O[C@@H](COC(=O)/C=C/c3ccc(O)cc3)[C@@H](O)[C@H](O)[C@H]2O)cc(OC)c1O. The van der Waals surface area contributed by atoms with Crippen molar-refractivity contribution < 1.29 is 93.8 Å². The van der Waals surface area contributed by atoms with Gasteiger partial charge in [-0.1, -0.05) is 12.1 Å². The van der Waals surface area contributed by atoms with E-state index < -0.39 is 86.7 Å². The molecule has 3 heterocycles. The van der Waals surface area contributed by atoms with Crippen molar-refractivity contribution in [3.05, 3.63) is 77.1 Å². The molecule has 11 atom stereocenters. The second kappa shape index (κ2) is 17.4. The lowest BCUT2D eigenvalue weighted by molar-refractivity contribution is -0.296. The molecule has 19 heteroatoms. The van der Waals surface area contributed by atoms with Gasteiger partial charge in [-0.15, -0.1) is 0 Å². The van der Waals surface area contributed by atoms with Crippen LogP contribution in [0.3, 0.4) is 0 Å². The number of esters is 1. The highest BCUT2D eigenvalue weighted by molar-refractivity contribution is 5.87. The van der Waals surface area contributed by atoms with E-state index >= 15 is 0 Å². The average molecular weight is 804 g/mol. The summed E-state index contributed by atoms with van der Waals surface area (Å²) in [6, 6.07) is 11.2. The second-order valence-corrected chi connectivity index (χ2v) is 13.2. The van der Waals surface area contributed by atoms with Crippen LogP contribution in [0.5, 0.6) is 40.2 Å². The Morgan fingerprint density at radius 3 is 1.95 bits per heavy atom. The number of methoxy groups -OCH3 is 2. The molecule has 0 bridgehead atoms. The number of carbonyl (C=O) groups excluding carboxylic acids is 1. The number of rotatable bonds is 12. The third kappa shape index (κ3) is 8.81. The average Bonchev–Trinajstić information content (AvgIpc) is 3.20. The Hall–Kier alpha value is -5.35. The van der Waals surface area contributed by atoms with Crippen LogP contribution in [0.15, 0.2) is 60.4 Å². The minimum absolute atomic E-state index is 0.0268. The molecular formula is C38H43O19+. The summed E-state index contributed by atoms with van der Waals surface area (Å²) in [5.41, 5.74) is 0.939. The Morgan fingerprint density at radius 2 is 1.33 bits per heavy atom. The highest BCUT2D eigenvalue weighted by atomic mass is 16.7. The number of aliphatic hydroxyl groups is 8. The van der Waals surface area contributed by atoms with E-state index in [1.807, 2.05) is 0 Å². The van der Waals surface area contributed by atoms with E-state index in [-0.39, 0.29) is 57.1 Å². The van der Waals surface area contributed by atoms with Gasteiger partial charge in [0.05, 0.1) is 32.5 Å². The zero-order chi connectivity index (χ0) is 41.1. The predicted octanol–water partition coefficient (Wildman–Crippen LogP) is -0.583. The molecule has 6 rings (SSSR count). The van der Waals surface area contributed by atoms with Crippen molar-refractivity contribution in [1.82, 2.24) is 0 Å². The van der Waals surface area contributed by atoms with Crippen molar-refractivity contribution in [2.24, 2.45) is 0 Å². The van der Waals surface area contributed by atoms with Crippen molar-refractivity contribution in [3.63, 3.8) is 0 Å². The number of aromatic hydroxyl groups is 4. The summed E-state index contributed by atoms with van der Waals surface area (Å²) >= 11 is 0. The zero-order valence-electron chi connectivity index (χ0n) is 30.3. The van der Waals surface area contributed by atoms with Gasteiger partial charge in [0.2, 0.25) is 18.3 Å². The van der Waals surface area contributed by atoms with E-state index in [4.69, 9.17) is 37.9 Å². The number of carbonyl (C=O) groups is 1. The molecule has 0 amide bonds. The van der Waals surface area contributed by atoms with E-state index in [1.165, 1.54) is 56.7 Å². The fraction of sp³-hybridized carbons (Fsp3) is 0.395. The van der Waals surface area contributed by atoms with Gasteiger partial charge in [-0.2, -0.15) is 0 Å². The molecule has 11 N–H and O–H groups in total. The molecule has 57 heavy (non-hydrogen) atoms. The van der Waals surface area contributed by atoms with E-state index in [2.05, 4.69) is 0 Å². The molecule has 3 aromatic rings. The Morgan fingerprint density at radius 1 is 0.737 bits per heavy atom. The molecule has 0 saturated carbocycles. The summed E-state index contributed by atoms with van der Waals surface area (Å²) in [7, 11) is 2.60. The van der Waals surface area contributed by atoms with Crippen molar-refractivity contribution >= 4 is 18.1 Å². The van der Waals surface area contributed by atoms with E-state index in [0.29, 0.717) is 5.56 Å². The van der Waals surface area contributed by atoms with Gasteiger partial charge < -0.3 is 89.0 Å². The number of phenols is 3. The Kier molecular flexibility index (Phi) is 12.6. The van der Waals surface area contributed by atoms with Crippen molar-refractivity contribution in [2.45, 2.75) is 67.5 Å². The topological polar surface area (TPSA) is 297 Å². The minimum atomic E-state index is -1.89. The number of fused-ring (bicyclic) bond motifs is 1. The summed E-state index contributed by atoms with van der Waals surface area (Å²) in [5.74, 6) is -1.80. The molecule has 0 aromatic heterocycles. The molecule has 0 spiro atoms. The van der Waals surface area contributed by atoms with Crippen LogP contribution in [0.1, 0.15) is 22.8 Å². The van der Waals surface area contributed by atoms with Gasteiger partial charge in [-0.3, -0.25) is 0 Å². The highest BCUT2D eigenvalue weighted by Gasteiger charge is 2.48. The van der Waals surface area contributed by atoms with Gasteiger partial charge in [-0.25, -0.2) is 4.79 Å². The van der Waals surface area contributed by atoms with Crippen LogP contribution in [0.4, 0.5) is 0 Å². The maximum atomic E-state index is 12.5. The van der Waals surface area contributed by atoms with Crippen LogP contribution in [0.25, 0.3) is 12.2 Å². The number of benzene rings is 3. The van der Waals surface area contributed by atoms with Gasteiger partial charge in [0.15, 0.2) is 17.3 Å². The second-order valence-electron chi connectivity index (χ2n) is 13.2. The number of phenolic OH excluding ortho intramolecular Hbond substituents is 3. The van der Waals surface area contributed by atoms with Gasteiger partial charge >= 0.3 is 5.97 Å². The largest absolute Gasteiger partial charge is 0.571 e. The molecule has 1 unspecified atom stereocenters. The lowest BCUT2D eigenvalue weighted by atomic mass is 9.98. The van der Waals surface area contributed by atoms with Crippen LogP contribution < -0.4 is 14.2 Å². The first-order chi connectivity index (χ1) is 27.2. The molecule has 308 valence electrons. The number of ether oxygens (including phenoxy) is 8. The van der Waals surface area contributed by atoms with Crippen LogP contribution in [-0.2, 0) is 23.7 Å². The van der Waals surface area contributed by atoms with Crippen LogP contribution in [0, 0.1) is 0 Å². The van der Waals surface area contributed by atoms with Crippen molar-refractivity contribution in [3.8, 4) is 40.2 Å². The molecular weight excluding hydrogens is 760 g/mol. The van der Waals surface area contributed by atoms with Gasteiger partial charge in [0.1, 0.15) is 78.3 Å². The Bertz CT molecular complexity index is 1920. The van der Waals surface area contributed by atoms with Crippen LogP contribution >= 0.6 is 0 Å². The molecule has 0 aliphatic carbocycles. The summed E-state index contributed by atoms with van der Waals surface area (Å²) < 4.78 is 44.0. The van der Waals surface area contributed by atoms with Crippen molar-refractivity contribution in [1.29, 1.82) is 0 Å². The fourth-order valence-corrected chi connectivity index (χ4v) is 6.32. The quantitative estimate of drug-likeness (QED) is 0.0622. The first-order valence-corrected chi connectivity index (χ1v) is 17.4. The van der Waals surface area contributed by atoms with E-state index in [1.54, 1.807) is 12.1 Å². The highest BCUT2D eigenvalue weighted by Crippen LogP contribution is 2.49. The summed E-state index contributed by atoms with van der Waals surface area (Å²) in [4.78, 5) is 12.5. The third-order valence-corrected chi connectivity index (χ3v) is 9.45. The lowest BCUT2D eigenvalue weighted by Crippen LogP contribution is -2.60. The van der Waals surface area contributed by atoms with Crippen LogP contribution in [0.2, 0.25) is 0 Å². The maximum absolute atomic E-state index is 12.5. The minimum Gasteiger partial charge on any atom is -0.571 e. The standard InChI is InChI=1S/C38H42O19/c1-50-23-9-17(10-24(51-2)29(23)43)36-25(13-20-21(53-36)11-19(41)12-22(20)54-37-34(48)32(46)30(44)26(14-39)56-37)55-38-35(49)33(47)31(45)27(57-38)15-52-28(42)8-5-16-3-6-18(40)7-4-16/h3-13,26-27,30-41,43-49H,14-15H2,1-2H3/p+1/b8-5+/t26-,27+,30-,31-,32+,33+,34-,35-,36?,37-,38-/m1/s1. The Labute approximate surface area is 323 Å². The normalized spacial score (nSPS) is 29.8. The van der Waals surface area contributed by atoms with E-state index in [9.17, 15) is 55.9 Å². The molecule has 3 aliphatic rings. The van der Waals surface area contributed by atoms with Gasteiger partial charge in [0.25, 0.3) is 11.9 Å². The molecule has 19 nitrogen and oxygen atoms in total. The monoisotopic (exact) mass is 803 g/mol. The summed E-state index contributed by atoms with van der Waals surface area (Å²) in [5, 5.41) is 104. The van der Waals surface area contributed by atoms with E-state index in [0.717, 1.165) is 12.1 Å². The maximum Gasteiger partial charge on any atom is 0.330 e. The van der Waals surface area contributed by atoms with Crippen molar-refractivity contribution in [2.75, 3.05) is 27.4 Å². The summed E-state index contributed by atoms with van der Waals surface area (Å²) in [6.07, 6.45) is -14.3. The first-order valence-electron chi connectivity index (χ1n) is 17.4. The zero-order valence-corrected chi connectivity index (χ0v) is 30.3. The third-order valence-electron chi connectivity index (χ3n) is 9.45. The van der Waals surface area contributed by atoms with Gasteiger partial charge in [-0.05, 0) is 35.9 Å². The number of hydrogen-bond donors (Lipinski definition) is 10.